The quantitative estimate of drug-likeness (QED) is 0.897. The Hall–Kier alpha value is -2.53. The third-order valence-electron chi connectivity index (χ3n) is 5.01. The summed E-state index contributed by atoms with van der Waals surface area (Å²) in [5.74, 6) is 1.37. The Morgan fingerprint density at radius 1 is 1.08 bits per heavy atom. The predicted octanol–water partition coefficient (Wildman–Crippen LogP) is 2.92. The van der Waals surface area contributed by atoms with Gasteiger partial charge in [-0.2, -0.15) is 0 Å². The molecule has 0 spiro atoms. The average Bonchev–Trinajstić information content (AvgIpc) is 2.69. The smallest absolute Gasteiger partial charge is 0.251 e. The molecule has 0 bridgehead atoms. The monoisotopic (exact) mass is 354 g/mol. The molecule has 138 valence electrons. The van der Waals surface area contributed by atoms with Crippen LogP contribution in [0.4, 0.5) is 0 Å². The van der Waals surface area contributed by atoms with Gasteiger partial charge in [-0.05, 0) is 43.8 Å². The molecule has 1 heterocycles. The summed E-state index contributed by atoms with van der Waals surface area (Å²) in [6.07, 6.45) is 0.926. The molecule has 1 amide bonds. The van der Waals surface area contributed by atoms with Crippen LogP contribution in [0.15, 0.2) is 48.5 Å². The van der Waals surface area contributed by atoms with Crippen LogP contribution in [0, 0.1) is 0 Å². The number of likely N-dealkylation sites (tertiary alicyclic amines) is 1. The number of hydrogen-bond acceptors (Lipinski definition) is 4. The van der Waals surface area contributed by atoms with Crippen molar-refractivity contribution in [1.82, 2.24) is 10.2 Å². The van der Waals surface area contributed by atoms with Crippen LogP contribution in [-0.2, 0) is 0 Å². The largest absolute Gasteiger partial charge is 0.493 e. The van der Waals surface area contributed by atoms with Crippen LogP contribution >= 0.6 is 0 Å². The van der Waals surface area contributed by atoms with Gasteiger partial charge in [0.15, 0.2) is 11.5 Å². The molecule has 1 N–H and O–H groups in total. The van der Waals surface area contributed by atoms with Gasteiger partial charge in [0.05, 0.1) is 14.2 Å². The summed E-state index contributed by atoms with van der Waals surface area (Å²) in [7, 11) is 5.28. The SMILES string of the molecule is COc1ccc(C(=O)N[C@H]2CCN(C)C[C@H]2c2ccccc2)cc1OC. The van der Waals surface area contributed by atoms with Crippen LogP contribution in [-0.4, -0.2) is 51.2 Å². The van der Waals surface area contributed by atoms with E-state index in [1.54, 1.807) is 32.4 Å². The maximum absolute atomic E-state index is 12.8. The number of methoxy groups -OCH3 is 2. The Kier molecular flexibility index (Phi) is 5.78. The highest BCUT2D eigenvalue weighted by Crippen LogP contribution is 2.29. The Labute approximate surface area is 154 Å². The lowest BCUT2D eigenvalue weighted by atomic mass is 9.86. The second kappa shape index (κ2) is 8.23. The number of carbonyl (C=O) groups excluding carboxylic acids is 1. The second-order valence-electron chi connectivity index (χ2n) is 6.72. The first-order valence-electron chi connectivity index (χ1n) is 8.88. The minimum absolute atomic E-state index is 0.0820. The van der Waals surface area contributed by atoms with E-state index >= 15 is 0 Å². The number of hydrogen-bond donors (Lipinski definition) is 1. The lowest BCUT2D eigenvalue weighted by Crippen LogP contribution is -2.48. The van der Waals surface area contributed by atoms with E-state index < -0.39 is 0 Å². The minimum atomic E-state index is -0.0820. The van der Waals surface area contributed by atoms with Crippen molar-refractivity contribution in [2.45, 2.75) is 18.4 Å². The second-order valence-corrected chi connectivity index (χ2v) is 6.72. The lowest BCUT2D eigenvalue weighted by molar-refractivity contribution is 0.0904. The van der Waals surface area contributed by atoms with Gasteiger partial charge in [-0.15, -0.1) is 0 Å². The number of piperidine rings is 1. The molecule has 0 saturated carbocycles. The molecule has 1 aliphatic heterocycles. The molecular formula is C21H26N2O3. The molecule has 1 saturated heterocycles. The third-order valence-corrected chi connectivity index (χ3v) is 5.01. The fourth-order valence-corrected chi connectivity index (χ4v) is 3.55. The molecule has 5 nitrogen and oxygen atoms in total. The molecule has 3 rings (SSSR count). The zero-order chi connectivity index (χ0) is 18.5. The van der Waals surface area contributed by atoms with Crippen LogP contribution in [0.5, 0.6) is 11.5 Å². The summed E-state index contributed by atoms with van der Waals surface area (Å²) in [5, 5.41) is 3.23. The number of carbonyl (C=O) groups is 1. The Morgan fingerprint density at radius 3 is 2.50 bits per heavy atom. The predicted molar refractivity (Wildman–Crippen MR) is 102 cm³/mol. The summed E-state index contributed by atoms with van der Waals surface area (Å²) in [4.78, 5) is 15.1. The van der Waals surface area contributed by atoms with Gasteiger partial charge < -0.3 is 19.7 Å². The number of ether oxygens (including phenoxy) is 2. The van der Waals surface area contributed by atoms with Gasteiger partial charge in [0.2, 0.25) is 0 Å². The van der Waals surface area contributed by atoms with Gasteiger partial charge in [0.1, 0.15) is 0 Å². The molecule has 26 heavy (non-hydrogen) atoms. The molecule has 0 aromatic heterocycles. The van der Waals surface area contributed by atoms with E-state index in [1.807, 2.05) is 6.07 Å². The first kappa shape index (κ1) is 18.3. The van der Waals surface area contributed by atoms with Crippen LogP contribution in [0.2, 0.25) is 0 Å². The van der Waals surface area contributed by atoms with Crippen molar-refractivity contribution in [3.8, 4) is 11.5 Å². The summed E-state index contributed by atoms with van der Waals surface area (Å²) < 4.78 is 10.6. The fourth-order valence-electron chi connectivity index (χ4n) is 3.55. The average molecular weight is 354 g/mol. The van der Waals surface area contributed by atoms with E-state index in [9.17, 15) is 4.79 Å². The van der Waals surface area contributed by atoms with Crippen LogP contribution in [0.1, 0.15) is 28.3 Å². The van der Waals surface area contributed by atoms with Crippen molar-refractivity contribution >= 4 is 5.91 Å². The van der Waals surface area contributed by atoms with Crippen LogP contribution < -0.4 is 14.8 Å². The fraction of sp³-hybridized carbons (Fsp3) is 0.381. The van der Waals surface area contributed by atoms with Crippen molar-refractivity contribution in [1.29, 1.82) is 0 Å². The van der Waals surface area contributed by atoms with Crippen molar-refractivity contribution in [3.05, 3.63) is 59.7 Å². The third kappa shape index (κ3) is 3.99. The molecule has 0 aliphatic carbocycles. The van der Waals surface area contributed by atoms with E-state index in [4.69, 9.17) is 9.47 Å². The molecule has 1 aliphatic rings. The van der Waals surface area contributed by atoms with Crippen molar-refractivity contribution in [2.75, 3.05) is 34.4 Å². The first-order chi connectivity index (χ1) is 12.6. The van der Waals surface area contributed by atoms with Gasteiger partial charge in [-0.3, -0.25) is 4.79 Å². The molecule has 0 unspecified atom stereocenters. The Bertz CT molecular complexity index is 748. The summed E-state index contributed by atoms with van der Waals surface area (Å²) in [5.41, 5.74) is 1.84. The maximum Gasteiger partial charge on any atom is 0.251 e. The van der Waals surface area contributed by atoms with Crippen molar-refractivity contribution in [2.24, 2.45) is 0 Å². The first-order valence-corrected chi connectivity index (χ1v) is 8.88. The Morgan fingerprint density at radius 2 is 1.81 bits per heavy atom. The number of nitrogens with one attached hydrogen (secondary N) is 1. The number of benzene rings is 2. The highest BCUT2D eigenvalue weighted by atomic mass is 16.5. The number of rotatable bonds is 5. The molecule has 1 fully saturated rings. The van der Waals surface area contributed by atoms with Crippen LogP contribution in [0.3, 0.4) is 0 Å². The Balaban J connectivity index is 1.78. The van der Waals surface area contributed by atoms with Crippen molar-refractivity contribution < 1.29 is 14.3 Å². The number of likely N-dealkylation sites (N-methyl/N-ethyl adjacent to an activating group) is 1. The van der Waals surface area contributed by atoms with E-state index in [1.165, 1.54) is 5.56 Å². The topological polar surface area (TPSA) is 50.8 Å². The minimum Gasteiger partial charge on any atom is -0.493 e. The van der Waals surface area contributed by atoms with Crippen LogP contribution in [0.25, 0.3) is 0 Å². The highest BCUT2D eigenvalue weighted by Gasteiger charge is 2.30. The van der Waals surface area contributed by atoms with E-state index in [2.05, 4.69) is 41.5 Å². The number of amides is 1. The highest BCUT2D eigenvalue weighted by molar-refractivity contribution is 5.95. The normalized spacial score (nSPS) is 20.4. The summed E-state index contributed by atoms with van der Waals surface area (Å²) >= 11 is 0. The van der Waals surface area contributed by atoms with Gasteiger partial charge in [-0.1, -0.05) is 30.3 Å². The van der Waals surface area contributed by atoms with E-state index in [0.29, 0.717) is 17.1 Å². The van der Waals surface area contributed by atoms with Gasteiger partial charge in [0, 0.05) is 24.1 Å². The molecule has 2 aromatic rings. The summed E-state index contributed by atoms with van der Waals surface area (Å²) in [6, 6.07) is 15.8. The van der Waals surface area contributed by atoms with Crippen molar-refractivity contribution in [3.63, 3.8) is 0 Å². The molecule has 2 aromatic carbocycles. The lowest BCUT2D eigenvalue weighted by Gasteiger charge is -2.37. The molecule has 5 heteroatoms. The van der Waals surface area contributed by atoms with Gasteiger partial charge in [-0.25, -0.2) is 0 Å². The zero-order valence-electron chi connectivity index (χ0n) is 15.6. The number of nitrogens with zero attached hydrogens (tertiary/aromatic N) is 1. The maximum atomic E-state index is 12.8. The summed E-state index contributed by atoms with van der Waals surface area (Å²) in [6.45, 7) is 1.90. The zero-order valence-corrected chi connectivity index (χ0v) is 15.6. The van der Waals surface area contributed by atoms with Gasteiger partial charge >= 0.3 is 0 Å². The molecule has 2 atom stereocenters. The molecule has 0 radical (unpaired) electrons. The molecular weight excluding hydrogens is 328 g/mol. The van der Waals surface area contributed by atoms with Gasteiger partial charge in [0.25, 0.3) is 5.91 Å². The standard InChI is InChI=1S/C21H26N2O3/c1-23-12-11-18(17(14-23)15-7-5-4-6-8-15)22-21(24)16-9-10-19(25-2)20(13-16)26-3/h4-10,13,17-18H,11-12,14H2,1-3H3,(H,22,24)/t17-,18-/m0/s1. The van der Waals surface area contributed by atoms with E-state index in [0.717, 1.165) is 19.5 Å². The van der Waals surface area contributed by atoms with E-state index in [-0.39, 0.29) is 17.9 Å².